The van der Waals surface area contributed by atoms with Gasteiger partial charge in [0, 0.05) is 12.6 Å². The van der Waals surface area contributed by atoms with Crippen molar-refractivity contribution in [2.45, 2.75) is 44.8 Å². The van der Waals surface area contributed by atoms with E-state index in [2.05, 4.69) is 11.8 Å². The molecule has 2 atom stereocenters. The third-order valence-electron chi connectivity index (χ3n) is 3.96. The van der Waals surface area contributed by atoms with Gasteiger partial charge in [0.25, 0.3) is 0 Å². The largest absolute Gasteiger partial charge is 0.387 e. The number of benzene rings is 1. The normalized spacial score (nSPS) is 22.4. The van der Waals surface area contributed by atoms with Crippen molar-refractivity contribution in [1.29, 1.82) is 0 Å². The average Bonchev–Trinajstić information content (AvgIpc) is 2.42. The summed E-state index contributed by atoms with van der Waals surface area (Å²) in [4.78, 5) is 2.26. The Bertz CT molecular complexity index is 425. The number of likely N-dealkylation sites (tertiary alicyclic amines) is 1. The van der Waals surface area contributed by atoms with Gasteiger partial charge in [0.05, 0.1) is 6.10 Å². The summed E-state index contributed by atoms with van der Waals surface area (Å²) in [6.07, 6.45) is 3.82. The molecular weight excluding hydrogens is 248 g/mol. The fourth-order valence-corrected chi connectivity index (χ4v) is 2.81. The van der Waals surface area contributed by atoms with Gasteiger partial charge in [-0.05, 0) is 43.5 Å². The minimum absolute atomic E-state index is 0.444. The second-order valence-electron chi connectivity index (χ2n) is 5.24. The van der Waals surface area contributed by atoms with Crippen LogP contribution >= 0.6 is 0 Å². The Morgan fingerprint density at radius 2 is 2.11 bits per heavy atom. The molecular formula is C15H21F2NO. The van der Waals surface area contributed by atoms with E-state index in [4.69, 9.17) is 0 Å². The van der Waals surface area contributed by atoms with Crippen molar-refractivity contribution in [3.05, 3.63) is 35.4 Å². The standard InChI is InChI=1S/C15H21F2NO/c1-2-12-5-3-4-8-18(12)10-15(19)11-6-7-13(16)14(17)9-11/h6-7,9,12,15,19H,2-5,8,10H2,1H3. The highest BCUT2D eigenvalue weighted by Gasteiger charge is 2.23. The van der Waals surface area contributed by atoms with Crippen LogP contribution in [0.1, 0.15) is 44.3 Å². The molecule has 1 N–H and O–H groups in total. The van der Waals surface area contributed by atoms with Crippen LogP contribution in [0.3, 0.4) is 0 Å². The van der Waals surface area contributed by atoms with Crippen LogP contribution in [0.25, 0.3) is 0 Å². The lowest BCUT2D eigenvalue weighted by atomic mass is 9.98. The molecule has 2 unspecified atom stereocenters. The van der Waals surface area contributed by atoms with E-state index >= 15 is 0 Å². The number of hydrogen-bond donors (Lipinski definition) is 1. The summed E-state index contributed by atoms with van der Waals surface area (Å²) in [5, 5.41) is 10.2. The monoisotopic (exact) mass is 269 g/mol. The minimum atomic E-state index is -0.901. The molecule has 0 aliphatic carbocycles. The lowest BCUT2D eigenvalue weighted by Crippen LogP contribution is -2.41. The molecule has 0 spiro atoms. The van der Waals surface area contributed by atoms with Crippen LogP contribution in [0.15, 0.2) is 18.2 Å². The highest BCUT2D eigenvalue weighted by Crippen LogP contribution is 2.24. The Morgan fingerprint density at radius 1 is 1.32 bits per heavy atom. The molecule has 1 saturated heterocycles. The van der Waals surface area contributed by atoms with Crippen molar-refractivity contribution < 1.29 is 13.9 Å². The summed E-state index contributed by atoms with van der Waals surface area (Å²) in [6.45, 7) is 3.61. The Balaban J connectivity index is 2.02. The molecule has 1 aromatic carbocycles. The number of halogens is 2. The molecule has 0 bridgehead atoms. The van der Waals surface area contributed by atoms with Gasteiger partial charge in [-0.25, -0.2) is 8.78 Å². The summed E-state index contributed by atoms with van der Waals surface area (Å²) >= 11 is 0. The van der Waals surface area contributed by atoms with E-state index in [1.165, 1.54) is 12.5 Å². The first-order valence-electron chi connectivity index (χ1n) is 6.99. The van der Waals surface area contributed by atoms with E-state index in [9.17, 15) is 13.9 Å². The maximum Gasteiger partial charge on any atom is 0.159 e. The third kappa shape index (κ3) is 3.51. The lowest BCUT2D eigenvalue weighted by Gasteiger charge is -2.36. The number of aliphatic hydroxyl groups excluding tert-OH is 1. The van der Waals surface area contributed by atoms with E-state index < -0.39 is 17.7 Å². The van der Waals surface area contributed by atoms with Crippen LogP contribution in [0.2, 0.25) is 0 Å². The van der Waals surface area contributed by atoms with Crippen LogP contribution < -0.4 is 0 Å². The first kappa shape index (κ1) is 14.4. The number of nitrogens with zero attached hydrogens (tertiary/aromatic N) is 1. The number of piperidine rings is 1. The SMILES string of the molecule is CCC1CCCCN1CC(O)c1ccc(F)c(F)c1. The fraction of sp³-hybridized carbons (Fsp3) is 0.600. The molecule has 0 aromatic heterocycles. The Labute approximate surface area is 113 Å². The number of hydrogen-bond acceptors (Lipinski definition) is 2. The molecule has 106 valence electrons. The molecule has 1 aliphatic rings. The Hall–Kier alpha value is -1.00. The molecule has 1 fully saturated rings. The maximum atomic E-state index is 13.2. The van der Waals surface area contributed by atoms with E-state index in [0.717, 1.165) is 37.9 Å². The zero-order chi connectivity index (χ0) is 13.8. The van der Waals surface area contributed by atoms with Gasteiger partial charge in [0.15, 0.2) is 11.6 Å². The molecule has 0 amide bonds. The van der Waals surface area contributed by atoms with Gasteiger partial charge in [0.1, 0.15) is 0 Å². The minimum Gasteiger partial charge on any atom is -0.387 e. The fourth-order valence-electron chi connectivity index (χ4n) is 2.81. The number of aliphatic hydroxyl groups is 1. The highest BCUT2D eigenvalue weighted by molar-refractivity contribution is 5.20. The zero-order valence-electron chi connectivity index (χ0n) is 11.3. The summed E-state index contributed by atoms with van der Waals surface area (Å²) < 4.78 is 26.0. The molecule has 1 aliphatic heterocycles. The smallest absolute Gasteiger partial charge is 0.159 e. The Morgan fingerprint density at radius 3 is 2.79 bits per heavy atom. The van der Waals surface area contributed by atoms with E-state index in [0.29, 0.717) is 18.2 Å². The van der Waals surface area contributed by atoms with Gasteiger partial charge in [0.2, 0.25) is 0 Å². The maximum absolute atomic E-state index is 13.2. The van der Waals surface area contributed by atoms with Crippen molar-refractivity contribution in [2.24, 2.45) is 0 Å². The van der Waals surface area contributed by atoms with Gasteiger partial charge in [-0.15, -0.1) is 0 Å². The van der Waals surface area contributed by atoms with Crippen molar-refractivity contribution >= 4 is 0 Å². The van der Waals surface area contributed by atoms with Crippen molar-refractivity contribution in [1.82, 2.24) is 4.90 Å². The molecule has 0 radical (unpaired) electrons. The van der Waals surface area contributed by atoms with Crippen LogP contribution in [-0.2, 0) is 0 Å². The van der Waals surface area contributed by atoms with Gasteiger partial charge < -0.3 is 5.11 Å². The molecule has 2 nitrogen and oxygen atoms in total. The molecule has 1 aromatic rings. The topological polar surface area (TPSA) is 23.5 Å². The lowest BCUT2D eigenvalue weighted by molar-refractivity contribution is 0.0654. The second-order valence-corrected chi connectivity index (χ2v) is 5.24. The molecule has 1 heterocycles. The molecule has 0 saturated carbocycles. The van der Waals surface area contributed by atoms with Crippen molar-refractivity contribution in [3.63, 3.8) is 0 Å². The van der Waals surface area contributed by atoms with Crippen LogP contribution in [0.4, 0.5) is 8.78 Å². The summed E-state index contributed by atoms with van der Waals surface area (Å²) in [5.74, 6) is -1.78. The van der Waals surface area contributed by atoms with Crippen LogP contribution in [0, 0.1) is 11.6 Å². The average molecular weight is 269 g/mol. The van der Waals surface area contributed by atoms with Crippen molar-refractivity contribution in [3.8, 4) is 0 Å². The van der Waals surface area contributed by atoms with Gasteiger partial charge in [-0.1, -0.05) is 19.4 Å². The first-order valence-corrected chi connectivity index (χ1v) is 6.99. The quantitative estimate of drug-likeness (QED) is 0.907. The third-order valence-corrected chi connectivity index (χ3v) is 3.96. The Kier molecular flexibility index (Phi) is 4.88. The summed E-state index contributed by atoms with van der Waals surface area (Å²) in [7, 11) is 0. The van der Waals surface area contributed by atoms with E-state index in [1.54, 1.807) is 0 Å². The summed E-state index contributed by atoms with van der Waals surface area (Å²) in [6, 6.07) is 4.11. The number of rotatable bonds is 4. The molecule has 4 heteroatoms. The first-order chi connectivity index (χ1) is 9.11. The summed E-state index contributed by atoms with van der Waals surface area (Å²) in [5.41, 5.74) is 0.444. The molecule has 19 heavy (non-hydrogen) atoms. The van der Waals surface area contributed by atoms with Gasteiger partial charge in [-0.3, -0.25) is 4.90 Å². The second kappa shape index (κ2) is 6.44. The predicted molar refractivity (Wildman–Crippen MR) is 70.8 cm³/mol. The number of β-amino-alcohol motifs (C(OH)–C–C–N with tert-alkyl or cyclic N) is 1. The van der Waals surface area contributed by atoms with Crippen LogP contribution in [-0.4, -0.2) is 29.1 Å². The van der Waals surface area contributed by atoms with E-state index in [1.807, 2.05) is 0 Å². The van der Waals surface area contributed by atoms with Gasteiger partial charge in [-0.2, -0.15) is 0 Å². The van der Waals surface area contributed by atoms with Gasteiger partial charge >= 0.3 is 0 Å². The van der Waals surface area contributed by atoms with Crippen molar-refractivity contribution in [2.75, 3.05) is 13.1 Å². The zero-order valence-corrected chi connectivity index (χ0v) is 11.3. The van der Waals surface area contributed by atoms with E-state index in [-0.39, 0.29) is 0 Å². The predicted octanol–water partition coefficient (Wildman–Crippen LogP) is 3.26. The molecule has 2 rings (SSSR count). The highest BCUT2D eigenvalue weighted by atomic mass is 19.2. The van der Waals surface area contributed by atoms with Crippen LogP contribution in [0.5, 0.6) is 0 Å².